The number of ether oxygens (including phenoxy) is 3. The smallest absolute Gasteiger partial charge is 0.331 e. The Kier molecular flexibility index (Phi) is 8.44. The summed E-state index contributed by atoms with van der Waals surface area (Å²) in [7, 11) is 0. The number of benzene rings is 2. The van der Waals surface area contributed by atoms with Crippen LogP contribution < -0.4 is 10.1 Å². The monoisotopic (exact) mass is 397 g/mol. The van der Waals surface area contributed by atoms with E-state index in [9.17, 15) is 14.4 Å². The van der Waals surface area contributed by atoms with Crippen molar-refractivity contribution >= 4 is 23.5 Å². The Morgan fingerprint density at radius 2 is 1.62 bits per heavy atom. The van der Waals surface area contributed by atoms with Gasteiger partial charge in [0.15, 0.2) is 6.10 Å². The summed E-state index contributed by atoms with van der Waals surface area (Å²) in [4.78, 5) is 34.9. The summed E-state index contributed by atoms with van der Waals surface area (Å²) < 4.78 is 15.3. The van der Waals surface area contributed by atoms with Gasteiger partial charge >= 0.3 is 11.9 Å². The highest BCUT2D eigenvalue weighted by atomic mass is 16.5. The van der Waals surface area contributed by atoms with Gasteiger partial charge in [0.25, 0.3) is 5.91 Å². The van der Waals surface area contributed by atoms with Crippen LogP contribution in [0.1, 0.15) is 19.4 Å². The summed E-state index contributed by atoms with van der Waals surface area (Å²) in [6.07, 6.45) is 0.828. The maximum atomic E-state index is 12.1. The largest absolute Gasteiger partial charge is 0.489 e. The number of rotatable bonds is 9. The van der Waals surface area contributed by atoms with Crippen molar-refractivity contribution in [1.29, 1.82) is 0 Å². The first-order valence-electron chi connectivity index (χ1n) is 9.11. The van der Waals surface area contributed by atoms with Crippen molar-refractivity contribution in [3.63, 3.8) is 0 Å². The van der Waals surface area contributed by atoms with Gasteiger partial charge in [0.05, 0.1) is 6.61 Å². The molecule has 0 radical (unpaired) electrons. The van der Waals surface area contributed by atoms with Crippen LogP contribution >= 0.6 is 0 Å². The van der Waals surface area contributed by atoms with Crippen LogP contribution in [0.4, 0.5) is 5.69 Å². The number of esters is 2. The lowest BCUT2D eigenvalue weighted by Crippen LogP contribution is -2.29. The zero-order valence-corrected chi connectivity index (χ0v) is 16.3. The van der Waals surface area contributed by atoms with Crippen molar-refractivity contribution in [3.8, 4) is 5.75 Å². The van der Waals surface area contributed by atoms with Crippen LogP contribution in [0.25, 0.3) is 0 Å². The minimum atomic E-state index is -1.04. The summed E-state index contributed by atoms with van der Waals surface area (Å²) in [6, 6.07) is 16.6. The molecule has 1 atom stereocenters. The molecule has 0 spiro atoms. The van der Waals surface area contributed by atoms with Crippen molar-refractivity contribution in [2.45, 2.75) is 26.6 Å². The zero-order valence-electron chi connectivity index (χ0n) is 16.3. The lowest BCUT2D eigenvalue weighted by Gasteiger charge is -2.13. The minimum Gasteiger partial charge on any atom is -0.489 e. The summed E-state index contributed by atoms with van der Waals surface area (Å²) >= 11 is 0. The van der Waals surface area contributed by atoms with E-state index < -0.39 is 23.9 Å². The normalized spacial score (nSPS) is 11.5. The highest BCUT2D eigenvalue weighted by Gasteiger charge is 2.17. The molecule has 0 aromatic heterocycles. The number of nitrogens with one attached hydrogen (secondary N) is 1. The van der Waals surface area contributed by atoms with Gasteiger partial charge in [-0.05, 0) is 43.7 Å². The molecule has 152 valence electrons. The fourth-order valence-corrected chi connectivity index (χ4v) is 2.21. The minimum absolute atomic E-state index is 0.202. The van der Waals surface area contributed by atoms with E-state index in [0.29, 0.717) is 18.0 Å². The topological polar surface area (TPSA) is 90.9 Å². The molecular weight excluding hydrogens is 374 g/mol. The van der Waals surface area contributed by atoms with Gasteiger partial charge in [-0.2, -0.15) is 0 Å². The Balaban J connectivity index is 1.80. The molecule has 0 aliphatic carbocycles. The van der Waals surface area contributed by atoms with Gasteiger partial charge in [-0.1, -0.05) is 30.3 Å². The van der Waals surface area contributed by atoms with Gasteiger partial charge < -0.3 is 19.5 Å². The molecular formula is C22H23NO6. The number of carbonyl (C=O) groups is 3. The van der Waals surface area contributed by atoms with Gasteiger partial charge in [-0.15, -0.1) is 0 Å². The highest BCUT2D eigenvalue weighted by Crippen LogP contribution is 2.17. The van der Waals surface area contributed by atoms with Gasteiger partial charge in [-0.25, -0.2) is 9.59 Å². The fourth-order valence-electron chi connectivity index (χ4n) is 2.21. The van der Waals surface area contributed by atoms with Crippen molar-refractivity contribution in [2.75, 3.05) is 11.9 Å². The highest BCUT2D eigenvalue weighted by molar-refractivity contribution is 5.97. The fraction of sp³-hybridized carbons (Fsp3) is 0.227. The molecule has 7 nitrogen and oxygen atoms in total. The first-order valence-corrected chi connectivity index (χ1v) is 9.11. The SMILES string of the molecule is CCOC(=O)/C=C/C(=O)O[C@@H](C)C(=O)Nc1ccc(OCc2ccccc2)cc1. The van der Waals surface area contributed by atoms with E-state index in [1.54, 1.807) is 31.2 Å². The molecule has 7 heteroatoms. The number of anilines is 1. The predicted octanol–water partition coefficient (Wildman–Crippen LogP) is 3.26. The summed E-state index contributed by atoms with van der Waals surface area (Å²) in [5, 5.41) is 2.65. The van der Waals surface area contributed by atoms with E-state index in [-0.39, 0.29) is 6.61 Å². The van der Waals surface area contributed by atoms with Gasteiger partial charge in [0.1, 0.15) is 12.4 Å². The number of hydrogen-bond acceptors (Lipinski definition) is 6. The Labute approximate surface area is 169 Å². The van der Waals surface area contributed by atoms with E-state index in [1.807, 2.05) is 30.3 Å². The number of amides is 1. The molecule has 0 saturated heterocycles. The lowest BCUT2D eigenvalue weighted by molar-refractivity contribution is -0.148. The molecule has 0 fully saturated rings. The van der Waals surface area contributed by atoms with E-state index >= 15 is 0 Å². The molecule has 29 heavy (non-hydrogen) atoms. The van der Waals surface area contributed by atoms with Gasteiger partial charge in [0, 0.05) is 17.8 Å². The van der Waals surface area contributed by atoms with Gasteiger partial charge in [0.2, 0.25) is 0 Å². The van der Waals surface area contributed by atoms with E-state index in [1.165, 1.54) is 6.92 Å². The van der Waals surface area contributed by atoms with Crippen LogP contribution in [0.5, 0.6) is 5.75 Å². The third-order valence-electron chi connectivity index (χ3n) is 3.67. The lowest BCUT2D eigenvalue weighted by atomic mass is 10.2. The molecule has 0 aliphatic rings. The first kappa shape index (κ1) is 21.7. The molecule has 0 aliphatic heterocycles. The molecule has 2 rings (SSSR count). The Hall–Kier alpha value is -3.61. The molecule has 0 bridgehead atoms. The summed E-state index contributed by atoms with van der Waals surface area (Å²) in [5.41, 5.74) is 1.59. The second-order valence-electron chi connectivity index (χ2n) is 5.95. The predicted molar refractivity (Wildman–Crippen MR) is 107 cm³/mol. The van der Waals surface area contributed by atoms with Crippen molar-refractivity contribution in [3.05, 3.63) is 72.3 Å². The molecule has 2 aromatic rings. The van der Waals surface area contributed by atoms with Crippen LogP contribution in [0.15, 0.2) is 66.7 Å². The third kappa shape index (κ3) is 7.88. The Morgan fingerprint density at radius 3 is 2.28 bits per heavy atom. The van der Waals surface area contributed by atoms with Crippen LogP contribution in [0.2, 0.25) is 0 Å². The second-order valence-corrected chi connectivity index (χ2v) is 5.95. The van der Waals surface area contributed by atoms with Crippen molar-refractivity contribution < 1.29 is 28.6 Å². The molecule has 0 heterocycles. The Morgan fingerprint density at radius 1 is 0.966 bits per heavy atom. The van der Waals surface area contributed by atoms with Crippen LogP contribution in [-0.2, 0) is 30.5 Å². The van der Waals surface area contributed by atoms with Crippen LogP contribution in [-0.4, -0.2) is 30.6 Å². The van der Waals surface area contributed by atoms with E-state index in [4.69, 9.17) is 9.47 Å². The molecule has 0 unspecified atom stereocenters. The average Bonchev–Trinajstić information content (AvgIpc) is 2.72. The number of carbonyl (C=O) groups excluding carboxylic acids is 3. The molecule has 1 N–H and O–H groups in total. The van der Waals surface area contributed by atoms with Crippen molar-refractivity contribution in [1.82, 2.24) is 0 Å². The Bertz CT molecular complexity index is 845. The molecule has 1 amide bonds. The average molecular weight is 397 g/mol. The summed E-state index contributed by atoms with van der Waals surface area (Å²) in [6.45, 7) is 3.73. The molecule has 0 saturated carbocycles. The van der Waals surface area contributed by atoms with Crippen LogP contribution in [0.3, 0.4) is 0 Å². The van der Waals surface area contributed by atoms with Gasteiger partial charge in [-0.3, -0.25) is 4.79 Å². The quantitative estimate of drug-likeness (QED) is 0.516. The first-order chi connectivity index (χ1) is 14.0. The standard InChI is InChI=1S/C22H23NO6/c1-3-27-20(24)13-14-21(25)29-16(2)22(26)23-18-9-11-19(12-10-18)28-15-17-7-5-4-6-8-17/h4-14,16H,3,15H2,1-2H3,(H,23,26)/b14-13+/t16-/m0/s1. The zero-order chi connectivity index (χ0) is 21.1. The maximum Gasteiger partial charge on any atom is 0.331 e. The molecule has 2 aromatic carbocycles. The summed E-state index contributed by atoms with van der Waals surface area (Å²) in [5.74, 6) is -1.31. The second kappa shape index (κ2) is 11.3. The number of hydrogen-bond donors (Lipinski definition) is 1. The maximum absolute atomic E-state index is 12.1. The van der Waals surface area contributed by atoms with Crippen molar-refractivity contribution in [2.24, 2.45) is 0 Å². The third-order valence-corrected chi connectivity index (χ3v) is 3.67. The van der Waals surface area contributed by atoms with E-state index in [0.717, 1.165) is 17.7 Å². The van der Waals surface area contributed by atoms with Crippen LogP contribution in [0, 0.1) is 0 Å². The van der Waals surface area contributed by atoms with E-state index in [2.05, 4.69) is 10.1 Å².